The summed E-state index contributed by atoms with van der Waals surface area (Å²) in [4.78, 5) is 27.6. The third-order valence-corrected chi connectivity index (χ3v) is 9.36. The molecule has 4 atom stereocenters. The van der Waals surface area contributed by atoms with Gasteiger partial charge in [-0.15, -0.1) is 0 Å². The maximum atomic E-state index is 11.5. The van der Waals surface area contributed by atoms with E-state index in [1.54, 1.807) is 0 Å². The highest BCUT2D eigenvalue weighted by Crippen LogP contribution is 2.40. The Hall–Kier alpha value is -1.78. The van der Waals surface area contributed by atoms with Crippen molar-refractivity contribution in [1.82, 2.24) is 0 Å². The van der Waals surface area contributed by atoms with Gasteiger partial charge < -0.3 is 23.7 Å². The lowest BCUT2D eigenvalue weighted by atomic mass is 9.71. The SMILES string of the molecule is C=CC(=O)OCCCCCCOC1CCC(OCOC2CCC(C(OO)C3CCC(OC(=O)C=C)CC3)CC2C)CC1. The molecule has 0 aromatic rings. The van der Waals surface area contributed by atoms with Crippen LogP contribution in [0, 0.1) is 17.8 Å². The van der Waals surface area contributed by atoms with E-state index in [4.69, 9.17) is 28.6 Å². The molecule has 0 amide bonds. The average molecular weight is 595 g/mol. The summed E-state index contributed by atoms with van der Waals surface area (Å²) in [6.07, 6.45) is 17.1. The minimum absolute atomic E-state index is 0.0685. The number of ether oxygens (including phenoxy) is 5. The first-order chi connectivity index (χ1) is 20.4. The Morgan fingerprint density at radius 1 is 0.738 bits per heavy atom. The van der Waals surface area contributed by atoms with Gasteiger partial charge in [-0.3, -0.25) is 5.26 Å². The fourth-order valence-electron chi connectivity index (χ4n) is 6.89. The Kier molecular flexibility index (Phi) is 16.1. The highest BCUT2D eigenvalue weighted by molar-refractivity contribution is 5.81. The topological polar surface area (TPSA) is 110 Å². The molecule has 3 aliphatic carbocycles. The molecule has 9 heteroatoms. The van der Waals surface area contributed by atoms with E-state index in [-0.39, 0.29) is 42.3 Å². The third-order valence-electron chi connectivity index (χ3n) is 9.36. The van der Waals surface area contributed by atoms with E-state index >= 15 is 0 Å². The number of unbranched alkanes of at least 4 members (excludes halogenated alkanes) is 3. The van der Waals surface area contributed by atoms with E-state index in [0.717, 1.165) is 103 Å². The smallest absolute Gasteiger partial charge is 0.330 e. The zero-order valence-corrected chi connectivity index (χ0v) is 25.6. The molecule has 0 heterocycles. The molecular formula is C33H54O9. The zero-order chi connectivity index (χ0) is 30.2. The molecule has 240 valence electrons. The summed E-state index contributed by atoms with van der Waals surface area (Å²) < 4.78 is 28.7. The van der Waals surface area contributed by atoms with Crippen LogP contribution in [0.1, 0.15) is 103 Å². The van der Waals surface area contributed by atoms with Crippen LogP contribution in [0.2, 0.25) is 0 Å². The van der Waals surface area contributed by atoms with E-state index in [1.165, 1.54) is 12.2 Å². The average Bonchev–Trinajstić information content (AvgIpc) is 3.01. The normalized spacial score (nSPS) is 30.7. The van der Waals surface area contributed by atoms with Crippen LogP contribution >= 0.6 is 0 Å². The van der Waals surface area contributed by atoms with Crippen LogP contribution in [0.4, 0.5) is 0 Å². The second-order valence-electron chi connectivity index (χ2n) is 12.3. The first-order valence-electron chi connectivity index (χ1n) is 16.2. The minimum Gasteiger partial charge on any atom is -0.463 e. The van der Waals surface area contributed by atoms with Crippen LogP contribution < -0.4 is 0 Å². The molecule has 42 heavy (non-hydrogen) atoms. The van der Waals surface area contributed by atoms with E-state index in [2.05, 4.69) is 20.1 Å². The molecule has 3 aliphatic rings. The van der Waals surface area contributed by atoms with Crippen LogP contribution in [-0.2, 0) is 38.2 Å². The van der Waals surface area contributed by atoms with E-state index in [9.17, 15) is 14.8 Å². The number of carbonyl (C=O) groups excluding carboxylic acids is 2. The van der Waals surface area contributed by atoms with Crippen LogP contribution in [-0.4, -0.2) is 67.7 Å². The van der Waals surface area contributed by atoms with Crippen molar-refractivity contribution in [3.05, 3.63) is 25.3 Å². The number of rotatable bonds is 18. The Bertz CT molecular complexity index is 801. The summed E-state index contributed by atoms with van der Waals surface area (Å²) in [5.41, 5.74) is 0. The van der Waals surface area contributed by atoms with Gasteiger partial charge in [-0.05, 0) is 108 Å². The molecule has 0 aromatic carbocycles. The Morgan fingerprint density at radius 2 is 1.33 bits per heavy atom. The highest BCUT2D eigenvalue weighted by Gasteiger charge is 2.39. The number of esters is 2. The quantitative estimate of drug-likeness (QED) is 0.0472. The van der Waals surface area contributed by atoms with Gasteiger partial charge in [-0.2, -0.15) is 0 Å². The van der Waals surface area contributed by atoms with Crippen LogP contribution in [0.25, 0.3) is 0 Å². The van der Waals surface area contributed by atoms with Crippen LogP contribution in [0.15, 0.2) is 25.3 Å². The lowest BCUT2D eigenvalue weighted by molar-refractivity contribution is -0.309. The highest BCUT2D eigenvalue weighted by atomic mass is 17.1. The minimum atomic E-state index is -0.368. The molecule has 3 rings (SSSR count). The zero-order valence-electron chi connectivity index (χ0n) is 25.6. The van der Waals surface area contributed by atoms with Crippen molar-refractivity contribution in [1.29, 1.82) is 0 Å². The van der Waals surface area contributed by atoms with Gasteiger partial charge >= 0.3 is 11.9 Å². The summed E-state index contributed by atoms with van der Waals surface area (Å²) in [5, 5.41) is 9.78. The van der Waals surface area contributed by atoms with Gasteiger partial charge in [0, 0.05) is 18.8 Å². The van der Waals surface area contributed by atoms with Crippen molar-refractivity contribution in [2.45, 2.75) is 134 Å². The molecule has 9 nitrogen and oxygen atoms in total. The lowest BCUT2D eigenvalue weighted by Crippen LogP contribution is -2.41. The summed E-state index contributed by atoms with van der Waals surface area (Å²) in [6.45, 7) is 10.6. The second-order valence-corrected chi connectivity index (χ2v) is 12.3. The summed E-state index contributed by atoms with van der Waals surface area (Å²) in [7, 11) is 0. The number of hydrogen-bond donors (Lipinski definition) is 1. The van der Waals surface area contributed by atoms with Gasteiger partial charge in [0.25, 0.3) is 0 Å². The molecular weight excluding hydrogens is 540 g/mol. The van der Waals surface area contributed by atoms with Crippen molar-refractivity contribution in [2.24, 2.45) is 17.8 Å². The first-order valence-corrected chi connectivity index (χ1v) is 16.2. The van der Waals surface area contributed by atoms with Gasteiger partial charge in [-0.1, -0.05) is 26.5 Å². The van der Waals surface area contributed by atoms with Gasteiger partial charge in [0.2, 0.25) is 0 Å². The Morgan fingerprint density at radius 3 is 1.95 bits per heavy atom. The van der Waals surface area contributed by atoms with Crippen molar-refractivity contribution >= 4 is 11.9 Å². The van der Waals surface area contributed by atoms with Gasteiger partial charge in [0.05, 0.1) is 31.0 Å². The summed E-state index contributed by atoms with van der Waals surface area (Å²) >= 11 is 0. The molecule has 0 spiro atoms. The molecule has 3 fully saturated rings. The van der Waals surface area contributed by atoms with E-state index < -0.39 is 0 Å². The lowest BCUT2D eigenvalue weighted by Gasteiger charge is -2.41. The molecule has 0 bridgehead atoms. The van der Waals surface area contributed by atoms with Crippen molar-refractivity contribution in [3.63, 3.8) is 0 Å². The molecule has 4 unspecified atom stereocenters. The van der Waals surface area contributed by atoms with Gasteiger partial charge in [-0.25, -0.2) is 14.5 Å². The number of hydrogen-bond acceptors (Lipinski definition) is 9. The van der Waals surface area contributed by atoms with Gasteiger partial charge in [0.1, 0.15) is 12.9 Å². The predicted molar refractivity (Wildman–Crippen MR) is 158 cm³/mol. The molecule has 1 N–H and O–H groups in total. The van der Waals surface area contributed by atoms with E-state index in [0.29, 0.717) is 31.3 Å². The fourth-order valence-corrected chi connectivity index (χ4v) is 6.89. The summed E-state index contributed by atoms with van der Waals surface area (Å²) in [6, 6.07) is 0. The Balaban J connectivity index is 1.22. The van der Waals surface area contributed by atoms with Crippen molar-refractivity contribution in [3.8, 4) is 0 Å². The molecule has 3 saturated carbocycles. The summed E-state index contributed by atoms with van der Waals surface area (Å²) in [5.74, 6) is 0.201. The van der Waals surface area contributed by atoms with Crippen molar-refractivity contribution < 1.29 is 43.4 Å². The molecule has 0 radical (unpaired) electrons. The molecule has 0 aromatic heterocycles. The number of carbonyl (C=O) groups is 2. The molecule has 0 aliphatic heterocycles. The van der Waals surface area contributed by atoms with Crippen molar-refractivity contribution in [2.75, 3.05) is 20.0 Å². The second kappa shape index (κ2) is 19.5. The van der Waals surface area contributed by atoms with Gasteiger partial charge in [0.15, 0.2) is 0 Å². The molecule has 0 saturated heterocycles. The first kappa shape index (κ1) is 34.7. The fraction of sp³-hybridized carbons (Fsp3) is 0.818. The predicted octanol–water partition coefficient (Wildman–Crippen LogP) is 6.55. The third kappa shape index (κ3) is 12.1. The standard InChI is InChI=1S/C33H54O9/c1-4-31(34)38-21-9-7-6-8-20-37-27-15-17-28(18-16-27)39-23-40-30-19-12-26(22-24(30)3)33(42-36)25-10-13-29(14-11-25)41-32(35)5-2/h4-5,24-30,33,36H,1-2,6-23H2,3H3. The van der Waals surface area contributed by atoms with Crippen LogP contribution in [0.3, 0.4) is 0 Å². The maximum Gasteiger partial charge on any atom is 0.330 e. The monoisotopic (exact) mass is 594 g/mol. The van der Waals surface area contributed by atoms with Crippen LogP contribution in [0.5, 0.6) is 0 Å². The largest absolute Gasteiger partial charge is 0.463 e. The van der Waals surface area contributed by atoms with E-state index in [1.807, 2.05) is 0 Å². The maximum absolute atomic E-state index is 11.5. The Labute approximate surface area is 252 Å².